The highest BCUT2D eigenvalue weighted by molar-refractivity contribution is 8.00. The highest BCUT2D eigenvalue weighted by atomic mass is 32.2. The number of nitrogens with one attached hydrogen (secondary N) is 1. The second kappa shape index (κ2) is 9.75. The maximum absolute atomic E-state index is 12.6. The molecule has 0 saturated heterocycles. The van der Waals surface area contributed by atoms with E-state index in [0.717, 1.165) is 22.6 Å². The van der Waals surface area contributed by atoms with Crippen molar-refractivity contribution in [2.75, 3.05) is 30.4 Å². The van der Waals surface area contributed by atoms with Gasteiger partial charge in [0.1, 0.15) is 0 Å². The molecule has 0 fully saturated rings. The molecule has 2 aromatic rings. The molecular weight excluding hydrogens is 372 g/mol. The number of hydrogen-bond acceptors (Lipinski definition) is 4. The van der Waals surface area contributed by atoms with Crippen molar-refractivity contribution >= 4 is 29.3 Å². The topological polar surface area (TPSA) is 58.6 Å². The number of rotatable bonds is 8. The number of amides is 2. The quantitative estimate of drug-likeness (QED) is 0.688. The van der Waals surface area contributed by atoms with Gasteiger partial charge in [0.25, 0.3) is 5.91 Å². The van der Waals surface area contributed by atoms with Crippen LogP contribution >= 0.6 is 11.8 Å². The molecule has 0 spiro atoms. The van der Waals surface area contributed by atoms with Gasteiger partial charge < -0.3 is 15.0 Å². The van der Waals surface area contributed by atoms with E-state index in [1.807, 2.05) is 56.3 Å². The van der Waals surface area contributed by atoms with Crippen molar-refractivity contribution in [1.29, 1.82) is 0 Å². The number of anilines is 1. The van der Waals surface area contributed by atoms with Gasteiger partial charge in [-0.2, -0.15) is 0 Å². The summed E-state index contributed by atoms with van der Waals surface area (Å²) >= 11 is 1.52. The Kier molecular flexibility index (Phi) is 7.12. The minimum Gasteiger partial charge on any atom is -0.382 e. The molecule has 1 aliphatic heterocycles. The fraction of sp³-hybridized carbons (Fsp3) is 0.364. The predicted octanol–water partition coefficient (Wildman–Crippen LogP) is 3.79. The van der Waals surface area contributed by atoms with E-state index >= 15 is 0 Å². The summed E-state index contributed by atoms with van der Waals surface area (Å²) in [5, 5.41) is 2.92. The predicted molar refractivity (Wildman–Crippen MR) is 113 cm³/mol. The Labute approximate surface area is 170 Å². The van der Waals surface area contributed by atoms with Crippen LogP contribution in [0, 0.1) is 6.92 Å². The van der Waals surface area contributed by atoms with Crippen LogP contribution in [0.25, 0.3) is 0 Å². The summed E-state index contributed by atoms with van der Waals surface area (Å²) in [6, 6.07) is 13.8. The molecule has 0 aromatic heterocycles. The second-order valence-corrected chi connectivity index (χ2v) is 7.76. The van der Waals surface area contributed by atoms with Crippen LogP contribution in [-0.4, -0.2) is 37.3 Å². The van der Waals surface area contributed by atoms with Crippen molar-refractivity contribution < 1.29 is 14.3 Å². The Morgan fingerprint density at radius 1 is 1.21 bits per heavy atom. The summed E-state index contributed by atoms with van der Waals surface area (Å²) in [7, 11) is 0. The first-order valence-electron chi connectivity index (χ1n) is 9.57. The molecule has 148 valence electrons. The number of aryl methyl sites for hydroxylation is 1. The summed E-state index contributed by atoms with van der Waals surface area (Å²) in [4.78, 5) is 27.9. The lowest BCUT2D eigenvalue weighted by Gasteiger charge is -2.29. The Balaban J connectivity index is 1.73. The zero-order chi connectivity index (χ0) is 19.9. The average Bonchev–Trinajstić information content (AvgIpc) is 2.71. The summed E-state index contributed by atoms with van der Waals surface area (Å²) in [5.74, 6) is 0.354. The van der Waals surface area contributed by atoms with Crippen molar-refractivity contribution in [3.63, 3.8) is 0 Å². The summed E-state index contributed by atoms with van der Waals surface area (Å²) < 4.78 is 5.29. The van der Waals surface area contributed by atoms with E-state index < -0.39 is 0 Å². The van der Waals surface area contributed by atoms with Gasteiger partial charge in [-0.3, -0.25) is 9.59 Å². The monoisotopic (exact) mass is 398 g/mol. The van der Waals surface area contributed by atoms with Crippen molar-refractivity contribution in [2.45, 2.75) is 31.7 Å². The van der Waals surface area contributed by atoms with Crippen LogP contribution in [-0.2, 0) is 16.1 Å². The van der Waals surface area contributed by atoms with Gasteiger partial charge in [-0.25, -0.2) is 0 Å². The number of carbonyl (C=O) groups is 2. The molecule has 0 radical (unpaired) electrons. The van der Waals surface area contributed by atoms with Gasteiger partial charge in [-0.05, 0) is 44.0 Å². The van der Waals surface area contributed by atoms with Gasteiger partial charge in [0.2, 0.25) is 5.91 Å². The van der Waals surface area contributed by atoms with E-state index in [9.17, 15) is 9.59 Å². The van der Waals surface area contributed by atoms with E-state index in [2.05, 4.69) is 5.32 Å². The number of fused-ring (bicyclic) bond motifs is 1. The van der Waals surface area contributed by atoms with Crippen molar-refractivity contribution in [3.8, 4) is 0 Å². The molecule has 0 atom stereocenters. The molecule has 0 bridgehead atoms. The SMILES string of the molecule is CCOCCCNC(=O)c1ccc2c(c1)N(Cc1ccc(C)cc1)C(=O)CS2. The first kappa shape index (κ1) is 20.4. The molecule has 0 unspecified atom stereocenters. The molecule has 28 heavy (non-hydrogen) atoms. The molecule has 2 amide bonds. The molecular formula is C22H26N2O3S. The smallest absolute Gasteiger partial charge is 0.251 e. The van der Waals surface area contributed by atoms with E-state index in [-0.39, 0.29) is 11.8 Å². The third-order valence-electron chi connectivity index (χ3n) is 4.58. The van der Waals surface area contributed by atoms with Gasteiger partial charge in [0.15, 0.2) is 0 Å². The Morgan fingerprint density at radius 3 is 2.75 bits per heavy atom. The Bertz CT molecular complexity index is 836. The number of ether oxygens (including phenoxy) is 1. The van der Waals surface area contributed by atoms with Crippen LogP contribution in [0.2, 0.25) is 0 Å². The highest BCUT2D eigenvalue weighted by Gasteiger charge is 2.26. The van der Waals surface area contributed by atoms with E-state index in [1.54, 1.807) is 4.90 Å². The average molecular weight is 399 g/mol. The number of benzene rings is 2. The minimum atomic E-state index is -0.127. The van der Waals surface area contributed by atoms with Crippen LogP contribution in [0.3, 0.4) is 0 Å². The molecule has 5 nitrogen and oxygen atoms in total. The minimum absolute atomic E-state index is 0.0624. The molecule has 1 heterocycles. The third kappa shape index (κ3) is 5.14. The second-order valence-electron chi connectivity index (χ2n) is 6.74. The maximum atomic E-state index is 12.6. The van der Waals surface area contributed by atoms with Crippen molar-refractivity contribution in [1.82, 2.24) is 5.32 Å². The molecule has 3 rings (SSSR count). The first-order valence-corrected chi connectivity index (χ1v) is 10.6. The number of thioether (sulfide) groups is 1. The van der Waals surface area contributed by atoms with Crippen LogP contribution in [0.4, 0.5) is 5.69 Å². The molecule has 2 aromatic carbocycles. The number of nitrogens with zero attached hydrogens (tertiary/aromatic N) is 1. The van der Waals surface area contributed by atoms with Crippen LogP contribution in [0.15, 0.2) is 47.4 Å². The number of carbonyl (C=O) groups excluding carboxylic acids is 2. The normalized spacial score (nSPS) is 13.4. The van der Waals surface area contributed by atoms with Gasteiger partial charge in [-0.15, -0.1) is 11.8 Å². The molecule has 6 heteroatoms. The molecule has 1 N–H and O–H groups in total. The van der Waals surface area contributed by atoms with Gasteiger partial charge in [0, 0.05) is 30.2 Å². The summed E-state index contributed by atoms with van der Waals surface area (Å²) in [5.41, 5.74) is 3.64. The zero-order valence-electron chi connectivity index (χ0n) is 16.4. The van der Waals surface area contributed by atoms with Crippen LogP contribution in [0.1, 0.15) is 34.8 Å². The third-order valence-corrected chi connectivity index (χ3v) is 5.63. The molecule has 1 aliphatic rings. The maximum Gasteiger partial charge on any atom is 0.251 e. The lowest BCUT2D eigenvalue weighted by atomic mass is 10.1. The lowest BCUT2D eigenvalue weighted by molar-refractivity contribution is -0.116. The highest BCUT2D eigenvalue weighted by Crippen LogP contribution is 2.36. The van der Waals surface area contributed by atoms with Crippen LogP contribution < -0.4 is 10.2 Å². The van der Waals surface area contributed by atoms with E-state index in [1.165, 1.54) is 17.3 Å². The Hall–Kier alpha value is -2.31. The van der Waals surface area contributed by atoms with Gasteiger partial charge in [0.05, 0.1) is 18.0 Å². The lowest BCUT2D eigenvalue weighted by Crippen LogP contribution is -2.35. The molecule has 0 aliphatic carbocycles. The fourth-order valence-corrected chi connectivity index (χ4v) is 3.93. The van der Waals surface area contributed by atoms with E-state index in [0.29, 0.717) is 37.6 Å². The molecule has 0 saturated carbocycles. The zero-order valence-corrected chi connectivity index (χ0v) is 17.2. The standard InChI is InChI=1S/C22H26N2O3S/c1-3-27-12-4-11-23-22(26)18-9-10-20-19(13-18)24(21(25)15-28-20)14-17-7-5-16(2)6-8-17/h5-10,13H,3-4,11-12,14-15H2,1-2H3,(H,23,26). The van der Waals surface area contributed by atoms with E-state index in [4.69, 9.17) is 4.74 Å². The largest absolute Gasteiger partial charge is 0.382 e. The summed E-state index contributed by atoms with van der Waals surface area (Å²) in [6.45, 7) is 6.38. The van der Waals surface area contributed by atoms with Gasteiger partial charge in [-0.1, -0.05) is 29.8 Å². The van der Waals surface area contributed by atoms with Gasteiger partial charge >= 0.3 is 0 Å². The summed E-state index contributed by atoms with van der Waals surface area (Å²) in [6.07, 6.45) is 0.776. The van der Waals surface area contributed by atoms with Crippen molar-refractivity contribution in [3.05, 3.63) is 59.2 Å². The fourth-order valence-electron chi connectivity index (χ4n) is 3.02. The number of hydrogen-bond donors (Lipinski definition) is 1. The van der Waals surface area contributed by atoms with Crippen LogP contribution in [0.5, 0.6) is 0 Å². The van der Waals surface area contributed by atoms with Crippen molar-refractivity contribution in [2.24, 2.45) is 0 Å². The Morgan fingerprint density at radius 2 is 2.00 bits per heavy atom. The first-order chi connectivity index (χ1) is 13.6.